The van der Waals surface area contributed by atoms with Crippen LogP contribution in [0.25, 0.3) is 0 Å². The van der Waals surface area contributed by atoms with Crippen molar-refractivity contribution in [3.63, 3.8) is 0 Å². The lowest BCUT2D eigenvalue weighted by molar-refractivity contribution is -0.142. The number of carbonyl (C=O) groups is 2. The van der Waals surface area contributed by atoms with Crippen molar-refractivity contribution in [3.8, 4) is 0 Å². The first-order valence-corrected chi connectivity index (χ1v) is 6.92. The summed E-state index contributed by atoms with van der Waals surface area (Å²) in [7, 11) is 0. The Morgan fingerprint density at radius 2 is 2.20 bits per heavy atom. The topological polar surface area (TPSA) is 78.4 Å². The Hall–Kier alpha value is -1.30. The Bertz CT molecular complexity index is 536. The number of aliphatic hydroxyl groups is 1. The van der Waals surface area contributed by atoms with E-state index in [-0.39, 0.29) is 6.54 Å². The monoisotopic (exact) mass is 316 g/mol. The minimum Gasteiger partial charge on any atom is -0.392 e. The zero-order chi connectivity index (χ0) is 14.7. The Kier molecular flexibility index (Phi) is 4.86. The van der Waals surface area contributed by atoms with Crippen LogP contribution < -0.4 is 10.6 Å². The predicted molar refractivity (Wildman–Crippen MR) is 75.4 cm³/mol. The van der Waals surface area contributed by atoms with E-state index < -0.39 is 23.8 Å². The van der Waals surface area contributed by atoms with Gasteiger partial charge < -0.3 is 15.7 Å². The first-order valence-electron chi connectivity index (χ1n) is 6.17. The summed E-state index contributed by atoms with van der Waals surface area (Å²) < 4.78 is 0. The highest BCUT2D eigenvalue weighted by Crippen LogP contribution is 2.25. The predicted octanol–water partition coefficient (Wildman–Crippen LogP) is 1.11. The molecule has 108 valence electrons. The number of amides is 2. The summed E-state index contributed by atoms with van der Waals surface area (Å²) in [6.07, 6.45) is -0.597. The van der Waals surface area contributed by atoms with Crippen LogP contribution >= 0.6 is 23.2 Å². The molecular formula is C13H14Cl2N2O3. The molecule has 1 heterocycles. The molecule has 0 bridgehead atoms. The standard InChI is InChI=1S/C13H14Cl2N2O3/c14-8-3-1-2-7(11(8)15)6-17-13(20)10-9(18)4-5-16-12(10)19/h1-3,9-10,18H,4-6H2,(H,16,19)(H,17,20). The van der Waals surface area contributed by atoms with E-state index in [1.54, 1.807) is 18.2 Å². The molecule has 20 heavy (non-hydrogen) atoms. The van der Waals surface area contributed by atoms with Gasteiger partial charge in [-0.05, 0) is 18.1 Å². The number of halogens is 2. The van der Waals surface area contributed by atoms with Crippen LogP contribution in [0, 0.1) is 5.92 Å². The van der Waals surface area contributed by atoms with Gasteiger partial charge >= 0.3 is 0 Å². The van der Waals surface area contributed by atoms with E-state index in [0.29, 0.717) is 28.6 Å². The maximum absolute atomic E-state index is 12.0. The number of hydrogen-bond acceptors (Lipinski definition) is 3. The third kappa shape index (κ3) is 3.23. The first-order chi connectivity index (χ1) is 9.50. The molecule has 2 rings (SSSR count). The van der Waals surface area contributed by atoms with Gasteiger partial charge in [-0.2, -0.15) is 0 Å². The van der Waals surface area contributed by atoms with Gasteiger partial charge in [0, 0.05) is 13.1 Å². The highest BCUT2D eigenvalue weighted by Gasteiger charge is 2.36. The second kappa shape index (κ2) is 6.43. The highest BCUT2D eigenvalue weighted by molar-refractivity contribution is 6.42. The van der Waals surface area contributed by atoms with Gasteiger partial charge in [-0.3, -0.25) is 9.59 Å². The van der Waals surface area contributed by atoms with E-state index in [1.807, 2.05) is 0 Å². The molecule has 2 atom stereocenters. The molecule has 0 saturated carbocycles. The maximum atomic E-state index is 12.0. The molecule has 0 radical (unpaired) electrons. The third-order valence-electron chi connectivity index (χ3n) is 3.17. The molecule has 3 N–H and O–H groups in total. The Morgan fingerprint density at radius 1 is 1.45 bits per heavy atom. The number of piperidine rings is 1. The molecule has 5 nitrogen and oxygen atoms in total. The summed E-state index contributed by atoms with van der Waals surface area (Å²) in [5, 5.41) is 15.6. The molecule has 7 heteroatoms. The van der Waals surface area contributed by atoms with Crippen molar-refractivity contribution in [1.29, 1.82) is 0 Å². The van der Waals surface area contributed by atoms with E-state index in [2.05, 4.69) is 10.6 Å². The molecule has 1 aromatic rings. The van der Waals surface area contributed by atoms with Crippen molar-refractivity contribution in [2.24, 2.45) is 5.92 Å². The van der Waals surface area contributed by atoms with Crippen LogP contribution in [0.4, 0.5) is 0 Å². The summed E-state index contributed by atoms with van der Waals surface area (Å²) in [5.74, 6) is -2.06. The molecule has 1 aliphatic rings. The maximum Gasteiger partial charge on any atom is 0.235 e. The molecule has 2 amide bonds. The molecule has 1 aromatic carbocycles. The molecule has 0 aromatic heterocycles. The Balaban J connectivity index is 2.01. The minimum absolute atomic E-state index is 0.148. The van der Waals surface area contributed by atoms with Gasteiger partial charge in [0.25, 0.3) is 0 Å². The van der Waals surface area contributed by atoms with Crippen LogP contribution in [0.1, 0.15) is 12.0 Å². The first kappa shape index (κ1) is 15.1. The van der Waals surface area contributed by atoms with Crippen molar-refractivity contribution in [1.82, 2.24) is 10.6 Å². The molecule has 2 unspecified atom stereocenters. The Morgan fingerprint density at radius 3 is 2.90 bits per heavy atom. The average Bonchev–Trinajstić information content (AvgIpc) is 2.40. The summed E-state index contributed by atoms with van der Waals surface area (Å²) in [5.41, 5.74) is 0.651. The van der Waals surface area contributed by atoms with Crippen LogP contribution in [-0.4, -0.2) is 29.6 Å². The number of nitrogens with one attached hydrogen (secondary N) is 2. The smallest absolute Gasteiger partial charge is 0.235 e. The van der Waals surface area contributed by atoms with Crippen LogP contribution in [0.3, 0.4) is 0 Å². The van der Waals surface area contributed by atoms with E-state index in [4.69, 9.17) is 23.2 Å². The lowest BCUT2D eigenvalue weighted by atomic mass is 9.94. The van der Waals surface area contributed by atoms with Crippen LogP contribution in [-0.2, 0) is 16.1 Å². The zero-order valence-electron chi connectivity index (χ0n) is 10.5. The van der Waals surface area contributed by atoms with E-state index in [9.17, 15) is 14.7 Å². The summed E-state index contributed by atoms with van der Waals surface area (Å²) in [4.78, 5) is 23.6. The lowest BCUT2D eigenvalue weighted by Gasteiger charge is -2.26. The zero-order valence-corrected chi connectivity index (χ0v) is 12.0. The number of rotatable bonds is 3. The number of benzene rings is 1. The quantitative estimate of drug-likeness (QED) is 0.731. The van der Waals surface area contributed by atoms with Crippen LogP contribution in [0.5, 0.6) is 0 Å². The summed E-state index contributed by atoms with van der Waals surface area (Å²) in [6.45, 7) is 0.526. The fourth-order valence-corrected chi connectivity index (χ4v) is 2.45. The normalized spacial score (nSPS) is 22.2. The highest BCUT2D eigenvalue weighted by atomic mass is 35.5. The van der Waals surface area contributed by atoms with Crippen molar-refractivity contribution >= 4 is 35.0 Å². The van der Waals surface area contributed by atoms with Gasteiger partial charge in [0.2, 0.25) is 11.8 Å². The fraction of sp³-hybridized carbons (Fsp3) is 0.385. The fourth-order valence-electron chi connectivity index (χ4n) is 2.07. The van der Waals surface area contributed by atoms with Gasteiger partial charge in [-0.15, -0.1) is 0 Å². The molecule has 0 spiro atoms. The number of carbonyl (C=O) groups excluding carboxylic acids is 2. The lowest BCUT2D eigenvalue weighted by Crippen LogP contribution is -2.51. The van der Waals surface area contributed by atoms with Crippen molar-refractivity contribution in [2.45, 2.75) is 19.1 Å². The Labute approximate surface area is 126 Å². The van der Waals surface area contributed by atoms with E-state index in [0.717, 1.165) is 0 Å². The van der Waals surface area contributed by atoms with Crippen LogP contribution in [0.2, 0.25) is 10.0 Å². The van der Waals surface area contributed by atoms with E-state index >= 15 is 0 Å². The van der Waals surface area contributed by atoms with Crippen molar-refractivity contribution in [2.75, 3.05) is 6.54 Å². The van der Waals surface area contributed by atoms with Crippen molar-refractivity contribution in [3.05, 3.63) is 33.8 Å². The number of hydrogen-bond donors (Lipinski definition) is 3. The third-order valence-corrected chi connectivity index (χ3v) is 4.03. The van der Waals surface area contributed by atoms with Gasteiger partial charge in [-0.25, -0.2) is 0 Å². The number of aliphatic hydroxyl groups excluding tert-OH is 1. The molecule has 1 fully saturated rings. The second-order valence-electron chi connectivity index (χ2n) is 4.56. The van der Waals surface area contributed by atoms with Gasteiger partial charge in [-0.1, -0.05) is 35.3 Å². The van der Waals surface area contributed by atoms with Crippen LogP contribution in [0.15, 0.2) is 18.2 Å². The average molecular weight is 317 g/mol. The molecule has 0 aliphatic carbocycles. The van der Waals surface area contributed by atoms with E-state index in [1.165, 1.54) is 0 Å². The van der Waals surface area contributed by atoms with Gasteiger partial charge in [0.1, 0.15) is 5.92 Å². The molecule has 1 aliphatic heterocycles. The minimum atomic E-state index is -1.08. The SMILES string of the molecule is O=C1NCCC(O)C1C(=O)NCc1cccc(Cl)c1Cl. The van der Waals surface area contributed by atoms with Gasteiger partial charge in [0.05, 0.1) is 16.1 Å². The molecular weight excluding hydrogens is 303 g/mol. The van der Waals surface area contributed by atoms with Crippen molar-refractivity contribution < 1.29 is 14.7 Å². The summed E-state index contributed by atoms with van der Waals surface area (Å²) >= 11 is 11.9. The molecule has 1 saturated heterocycles. The second-order valence-corrected chi connectivity index (χ2v) is 5.34. The van der Waals surface area contributed by atoms with Gasteiger partial charge in [0.15, 0.2) is 0 Å². The summed E-state index contributed by atoms with van der Waals surface area (Å²) in [6, 6.07) is 5.09. The largest absolute Gasteiger partial charge is 0.392 e.